The Bertz CT molecular complexity index is 705. The first-order chi connectivity index (χ1) is 11.4. The molecule has 0 atom stereocenters. The van der Waals surface area contributed by atoms with Gasteiger partial charge in [-0.1, -0.05) is 0 Å². The largest absolute Gasteiger partial charge is 0.491 e. The van der Waals surface area contributed by atoms with Gasteiger partial charge in [0.05, 0.1) is 38.6 Å². The minimum atomic E-state index is -1.04. The third-order valence-electron chi connectivity index (χ3n) is 3.47. The molecular formula is C15H16F2N2O5. The smallest absolute Gasteiger partial charge is 0.337 e. The van der Waals surface area contributed by atoms with Gasteiger partial charge in [0, 0.05) is 6.54 Å². The van der Waals surface area contributed by atoms with Crippen molar-refractivity contribution in [1.82, 2.24) is 4.90 Å². The zero-order chi connectivity index (χ0) is 17.9. The average molecular weight is 342 g/mol. The number of hydrogen-bond acceptors (Lipinski definition) is 6. The average Bonchev–Trinajstić information content (AvgIpc) is 2.87. The third kappa shape index (κ3) is 3.16. The molecule has 1 aliphatic rings. The summed E-state index contributed by atoms with van der Waals surface area (Å²) >= 11 is 0. The number of anilines is 1. The first kappa shape index (κ1) is 17.7. The number of aliphatic hydroxyl groups excluding tert-OH is 1. The molecular weight excluding hydrogens is 326 g/mol. The number of benzene rings is 1. The molecule has 0 radical (unpaired) electrons. The number of esters is 1. The Morgan fingerprint density at radius 1 is 1.38 bits per heavy atom. The van der Waals surface area contributed by atoms with Crippen molar-refractivity contribution in [3.63, 3.8) is 0 Å². The predicted octanol–water partition coefficient (Wildman–Crippen LogP) is 0.647. The van der Waals surface area contributed by atoms with Crippen LogP contribution in [-0.4, -0.2) is 55.8 Å². The van der Waals surface area contributed by atoms with E-state index >= 15 is 0 Å². The number of rotatable bonds is 6. The molecule has 1 amide bonds. The zero-order valence-electron chi connectivity index (χ0n) is 13.1. The first-order valence-corrected chi connectivity index (χ1v) is 6.95. The Morgan fingerprint density at radius 3 is 2.67 bits per heavy atom. The molecule has 0 aromatic heterocycles. The number of carbonyl (C=O) groups is 2. The van der Waals surface area contributed by atoms with Crippen molar-refractivity contribution in [2.75, 3.05) is 39.2 Å². The molecule has 0 aliphatic carbocycles. The molecule has 0 fully saturated rings. The van der Waals surface area contributed by atoms with Gasteiger partial charge in [-0.05, 0) is 12.1 Å². The van der Waals surface area contributed by atoms with E-state index in [0.717, 1.165) is 26.4 Å². The van der Waals surface area contributed by atoms with Gasteiger partial charge in [0.1, 0.15) is 5.70 Å². The Labute approximate surface area is 136 Å². The van der Waals surface area contributed by atoms with Crippen LogP contribution in [0.3, 0.4) is 0 Å². The molecule has 1 aliphatic heterocycles. The van der Waals surface area contributed by atoms with Crippen molar-refractivity contribution < 1.29 is 33.0 Å². The highest BCUT2D eigenvalue weighted by Crippen LogP contribution is 2.30. The second-order valence-electron chi connectivity index (χ2n) is 4.86. The van der Waals surface area contributed by atoms with Gasteiger partial charge in [-0.3, -0.25) is 4.79 Å². The van der Waals surface area contributed by atoms with Crippen LogP contribution in [0, 0.1) is 11.6 Å². The molecule has 7 nitrogen and oxygen atoms in total. The number of nitrogens with one attached hydrogen (secondary N) is 1. The number of halogens is 2. The molecule has 1 aromatic rings. The minimum Gasteiger partial charge on any atom is -0.491 e. The fraction of sp³-hybridized carbons (Fsp3) is 0.333. The topological polar surface area (TPSA) is 88.1 Å². The molecule has 1 aromatic carbocycles. The van der Waals surface area contributed by atoms with Crippen LogP contribution >= 0.6 is 0 Å². The molecule has 0 saturated carbocycles. The number of nitrogens with zero attached hydrogens (tertiary/aromatic N) is 1. The molecule has 1 heterocycles. The van der Waals surface area contributed by atoms with E-state index in [4.69, 9.17) is 5.11 Å². The van der Waals surface area contributed by atoms with Crippen molar-refractivity contribution in [2.24, 2.45) is 0 Å². The molecule has 0 saturated heterocycles. The van der Waals surface area contributed by atoms with E-state index in [9.17, 15) is 18.4 Å². The lowest BCUT2D eigenvalue weighted by atomic mass is 10.2. The summed E-state index contributed by atoms with van der Waals surface area (Å²) in [4.78, 5) is 25.4. The van der Waals surface area contributed by atoms with Crippen molar-refractivity contribution in [3.8, 4) is 5.75 Å². The van der Waals surface area contributed by atoms with Crippen molar-refractivity contribution in [1.29, 1.82) is 0 Å². The summed E-state index contributed by atoms with van der Waals surface area (Å²) < 4.78 is 37.0. The third-order valence-corrected chi connectivity index (χ3v) is 3.47. The summed E-state index contributed by atoms with van der Waals surface area (Å²) in [6.07, 6.45) is 0. The summed E-state index contributed by atoms with van der Waals surface area (Å²) in [6.45, 7) is -0.389. The highest BCUT2D eigenvalue weighted by Gasteiger charge is 2.35. The van der Waals surface area contributed by atoms with E-state index in [1.165, 1.54) is 4.90 Å². The molecule has 9 heteroatoms. The summed E-state index contributed by atoms with van der Waals surface area (Å²) in [5.41, 5.74) is -0.439. The number of β-amino-alcohol motifs (C(OH)–C–C–N with tert-alkyl or cyclic N) is 1. The summed E-state index contributed by atoms with van der Waals surface area (Å²) in [6, 6.07) is 2.05. The maximum Gasteiger partial charge on any atom is 0.337 e. The number of hydrogen-bond donors (Lipinski definition) is 2. The Hall–Kier alpha value is -2.68. The van der Waals surface area contributed by atoms with Crippen LogP contribution in [0.1, 0.15) is 0 Å². The van der Waals surface area contributed by atoms with E-state index in [0.29, 0.717) is 0 Å². The molecule has 0 spiro atoms. The monoisotopic (exact) mass is 342 g/mol. The maximum atomic E-state index is 14.2. The number of amides is 1. The van der Waals surface area contributed by atoms with Crippen LogP contribution in [0.5, 0.6) is 5.75 Å². The standard InChI is InChI=1S/C15H16F2N2O5/c1-23-13-9(16)3-4-10(11(13)17)18-12-8(15(22)24-2)7-19(5-6-20)14(12)21/h3-4,18,20H,5-7H2,1-2H3. The highest BCUT2D eigenvalue weighted by atomic mass is 19.1. The summed E-state index contributed by atoms with van der Waals surface area (Å²) in [5, 5.41) is 11.5. The fourth-order valence-corrected chi connectivity index (χ4v) is 2.30. The fourth-order valence-electron chi connectivity index (χ4n) is 2.30. The van der Waals surface area contributed by atoms with Gasteiger partial charge in [0.25, 0.3) is 5.91 Å². The quantitative estimate of drug-likeness (QED) is 0.738. The van der Waals surface area contributed by atoms with Crippen LogP contribution in [0.15, 0.2) is 23.4 Å². The molecule has 2 rings (SSSR count). The van der Waals surface area contributed by atoms with Gasteiger partial charge in [-0.25, -0.2) is 13.6 Å². The van der Waals surface area contributed by atoms with E-state index < -0.39 is 29.3 Å². The molecule has 0 bridgehead atoms. The minimum absolute atomic E-state index is 0.000269. The van der Waals surface area contributed by atoms with Gasteiger partial charge in [0.2, 0.25) is 0 Å². The SMILES string of the molecule is COC(=O)C1=C(Nc2ccc(F)c(OC)c2F)C(=O)N(CCO)C1. The van der Waals surface area contributed by atoms with Crippen LogP contribution < -0.4 is 10.1 Å². The van der Waals surface area contributed by atoms with E-state index in [1.807, 2.05) is 0 Å². The second kappa shape index (κ2) is 7.26. The number of ether oxygens (including phenoxy) is 2. The molecule has 2 N–H and O–H groups in total. The van der Waals surface area contributed by atoms with Crippen molar-refractivity contribution in [3.05, 3.63) is 35.0 Å². The van der Waals surface area contributed by atoms with E-state index in [-0.39, 0.29) is 36.7 Å². The normalized spacial score (nSPS) is 14.2. The van der Waals surface area contributed by atoms with Crippen LogP contribution in [-0.2, 0) is 14.3 Å². The zero-order valence-corrected chi connectivity index (χ0v) is 13.1. The predicted molar refractivity (Wildman–Crippen MR) is 79.2 cm³/mol. The van der Waals surface area contributed by atoms with E-state index in [2.05, 4.69) is 14.8 Å². The lowest BCUT2D eigenvalue weighted by Gasteiger charge is -2.15. The number of carbonyl (C=O) groups excluding carboxylic acids is 2. The Balaban J connectivity index is 2.41. The number of aliphatic hydroxyl groups is 1. The van der Waals surface area contributed by atoms with Gasteiger partial charge >= 0.3 is 5.97 Å². The van der Waals surface area contributed by atoms with Gasteiger partial charge in [-0.15, -0.1) is 0 Å². The van der Waals surface area contributed by atoms with Gasteiger partial charge in [0.15, 0.2) is 17.4 Å². The van der Waals surface area contributed by atoms with Crippen LogP contribution in [0.25, 0.3) is 0 Å². The second-order valence-corrected chi connectivity index (χ2v) is 4.86. The van der Waals surface area contributed by atoms with Crippen LogP contribution in [0.4, 0.5) is 14.5 Å². The number of methoxy groups -OCH3 is 2. The lowest BCUT2D eigenvalue weighted by Crippen LogP contribution is -2.31. The summed E-state index contributed by atoms with van der Waals surface area (Å²) in [7, 11) is 2.25. The summed E-state index contributed by atoms with van der Waals surface area (Å²) in [5.74, 6) is -3.92. The lowest BCUT2D eigenvalue weighted by molar-refractivity contribution is -0.136. The Morgan fingerprint density at radius 2 is 2.08 bits per heavy atom. The van der Waals surface area contributed by atoms with Crippen molar-refractivity contribution in [2.45, 2.75) is 0 Å². The van der Waals surface area contributed by atoms with Crippen LogP contribution in [0.2, 0.25) is 0 Å². The van der Waals surface area contributed by atoms with E-state index in [1.54, 1.807) is 0 Å². The maximum absolute atomic E-state index is 14.2. The first-order valence-electron chi connectivity index (χ1n) is 6.95. The highest BCUT2D eigenvalue weighted by molar-refractivity contribution is 6.08. The molecule has 0 unspecified atom stereocenters. The molecule has 130 valence electrons. The molecule has 24 heavy (non-hydrogen) atoms. The van der Waals surface area contributed by atoms with Gasteiger partial charge < -0.3 is 24.8 Å². The van der Waals surface area contributed by atoms with Crippen molar-refractivity contribution >= 4 is 17.6 Å². The van der Waals surface area contributed by atoms with Gasteiger partial charge in [-0.2, -0.15) is 0 Å². The Kier molecular flexibility index (Phi) is 5.35.